The molecule has 2 nitrogen and oxygen atoms in total. The largest absolute Gasteiger partial charge is 0.393 e. The van der Waals surface area contributed by atoms with E-state index in [2.05, 4.69) is 61.5 Å². The zero-order valence-corrected chi connectivity index (χ0v) is 22.2. The lowest BCUT2D eigenvalue weighted by molar-refractivity contribution is -0.124. The highest BCUT2D eigenvalue weighted by atomic mass is 16.3. The van der Waals surface area contributed by atoms with Crippen LogP contribution >= 0.6 is 0 Å². The van der Waals surface area contributed by atoms with Crippen LogP contribution in [0.5, 0.6) is 0 Å². The molecule has 2 N–H and O–H groups in total. The Kier molecular flexibility index (Phi) is 4.87. The van der Waals surface area contributed by atoms with Crippen LogP contribution in [0, 0.1) is 50.7 Å². The number of hydrogen-bond donors (Lipinski definition) is 2. The minimum absolute atomic E-state index is 0.0623. The average Bonchev–Trinajstić information content (AvgIpc) is 3.32. The van der Waals surface area contributed by atoms with Crippen molar-refractivity contribution in [2.75, 3.05) is 0 Å². The first-order chi connectivity index (χ1) is 14.7. The van der Waals surface area contributed by atoms with Crippen molar-refractivity contribution in [3.8, 4) is 0 Å². The average molecular weight is 443 g/mol. The summed E-state index contributed by atoms with van der Waals surface area (Å²) in [6, 6.07) is 0. The van der Waals surface area contributed by atoms with Crippen LogP contribution in [0.4, 0.5) is 0 Å². The fourth-order valence-corrected chi connectivity index (χ4v) is 10.2. The van der Waals surface area contributed by atoms with Gasteiger partial charge in [0.25, 0.3) is 0 Å². The number of allylic oxidation sites excluding steroid dienone is 1. The molecule has 182 valence electrons. The summed E-state index contributed by atoms with van der Waals surface area (Å²) in [5.41, 5.74) is 1.96. The summed E-state index contributed by atoms with van der Waals surface area (Å²) in [6.45, 7) is 19.7. The van der Waals surface area contributed by atoms with Crippen LogP contribution in [-0.2, 0) is 0 Å². The zero-order chi connectivity index (χ0) is 23.5. The maximum absolute atomic E-state index is 11.8. The van der Waals surface area contributed by atoms with Crippen molar-refractivity contribution in [1.82, 2.24) is 0 Å². The molecule has 2 heteroatoms. The van der Waals surface area contributed by atoms with Crippen LogP contribution in [0.25, 0.3) is 0 Å². The highest BCUT2D eigenvalue weighted by Gasteiger charge is 2.78. The molecule has 0 radical (unpaired) electrons. The Morgan fingerprint density at radius 3 is 2.25 bits per heavy atom. The van der Waals surface area contributed by atoms with E-state index in [1.54, 1.807) is 5.57 Å². The maximum Gasteiger partial charge on any atom is 0.0755 e. The summed E-state index contributed by atoms with van der Waals surface area (Å²) in [5, 5.41) is 22.8. The van der Waals surface area contributed by atoms with Crippen molar-refractivity contribution in [1.29, 1.82) is 0 Å². The number of rotatable bonds is 2. The van der Waals surface area contributed by atoms with Crippen LogP contribution in [-0.4, -0.2) is 21.9 Å². The number of hydrogen-bond acceptors (Lipinski definition) is 2. The third-order valence-corrected chi connectivity index (χ3v) is 13.1. The lowest BCUT2D eigenvalue weighted by Gasteiger charge is -2.65. The predicted octanol–water partition coefficient (Wildman–Crippen LogP) is 7.14. The first-order valence-corrected chi connectivity index (χ1v) is 13.8. The van der Waals surface area contributed by atoms with Gasteiger partial charge in [-0.05, 0) is 103 Å². The lowest BCUT2D eigenvalue weighted by Crippen LogP contribution is -2.57. The van der Waals surface area contributed by atoms with Crippen molar-refractivity contribution in [3.63, 3.8) is 0 Å². The van der Waals surface area contributed by atoms with Crippen molar-refractivity contribution < 1.29 is 10.2 Å². The fourth-order valence-electron chi connectivity index (χ4n) is 10.2. The van der Waals surface area contributed by atoms with Gasteiger partial charge in [-0.3, -0.25) is 0 Å². The van der Waals surface area contributed by atoms with Gasteiger partial charge in [0, 0.05) is 5.41 Å². The van der Waals surface area contributed by atoms with Gasteiger partial charge in [-0.1, -0.05) is 67.0 Å². The SMILES string of the molecule is CC(C)[C@@H](C)[C@@]1(C)CCC2(C)C3CCC4C(C)(C)C(O)CCC5(O)CC45C3=CC[C@@]2(C)C1. The summed E-state index contributed by atoms with van der Waals surface area (Å²) >= 11 is 0. The molecular weight excluding hydrogens is 392 g/mol. The molecular formula is C30H50O2. The van der Waals surface area contributed by atoms with Crippen LogP contribution in [0.3, 0.4) is 0 Å². The van der Waals surface area contributed by atoms with E-state index in [-0.39, 0.29) is 16.9 Å². The minimum atomic E-state index is -0.573. The van der Waals surface area contributed by atoms with E-state index in [4.69, 9.17) is 0 Å². The van der Waals surface area contributed by atoms with Crippen LogP contribution in [0.15, 0.2) is 11.6 Å². The Morgan fingerprint density at radius 2 is 1.59 bits per heavy atom. The molecule has 1 spiro atoms. The van der Waals surface area contributed by atoms with Gasteiger partial charge in [0.05, 0.1) is 11.7 Å². The first-order valence-electron chi connectivity index (χ1n) is 13.8. The van der Waals surface area contributed by atoms with Gasteiger partial charge in [-0.2, -0.15) is 0 Å². The Labute approximate surface area is 197 Å². The molecule has 0 saturated heterocycles. The predicted molar refractivity (Wildman–Crippen MR) is 132 cm³/mol. The quantitative estimate of drug-likeness (QED) is 0.446. The molecule has 0 heterocycles. The van der Waals surface area contributed by atoms with E-state index < -0.39 is 5.60 Å². The van der Waals surface area contributed by atoms with Crippen molar-refractivity contribution in [2.24, 2.45) is 50.7 Å². The van der Waals surface area contributed by atoms with E-state index in [9.17, 15) is 10.2 Å². The van der Waals surface area contributed by atoms with Gasteiger partial charge in [0.1, 0.15) is 0 Å². The molecule has 5 rings (SSSR count). The highest BCUT2D eigenvalue weighted by Crippen LogP contribution is 2.80. The molecule has 0 bridgehead atoms. The van der Waals surface area contributed by atoms with Gasteiger partial charge < -0.3 is 10.2 Å². The van der Waals surface area contributed by atoms with E-state index in [0.717, 1.165) is 31.1 Å². The van der Waals surface area contributed by atoms with E-state index >= 15 is 0 Å². The van der Waals surface area contributed by atoms with E-state index in [0.29, 0.717) is 28.1 Å². The molecule has 0 aromatic rings. The molecule has 0 aromatic carbocycles. The van der Waals surface area contributed by atoms with Crippen molar-refractivity contribution in [3.05, 3.63) is 11.6 Å². The van der Waals surface area contributed by atoms with Gasteiger partial charge in [0.15, 0.2) is 0 Å². The molecule has 4 saturated carbocycles. The van der Waals surface area contributed by atoms with Crippen LogP contribution in [0.1, 0.15) is 113 Å². The van der Waals surface area contributed by atoms with E-state index in [1.807, 2.05) is 0 Å². The summed E-state index contributed by atoms with van der Waals surface area (Å²) in [4.78, 5) is 0. The van der Waals surface area contributed by atoms with Crippen LogP contribution < -0.4 is 0 Å². The maximum atomic E-state index is 11.8. The molecule has 5 aliphatic carbocycles. The second-order valence-corrected chi connectivity index (χ2v) is 14.9. The highest BCUT2D eigenvalue weighted by molar-refractivity contribution is 5.43. The standard InChI is InChI=1S/C30H50O2/c1-19(2)20(3)26(6)15-16-28(8)21-9-10-23-25(4,5)24(31)12-14-29(32)18-30(23,29)22(21)11-13-27(28,7)17-26/h11,19-21,23-24,31-32H,9-10,12-18H2,1-8H3/t20-,21?,23?,24?,26+,27+,28?,29?,30?/m1/s1. The van der Waals surface area contributed by atoms with Gasteiger partial charge in [0.2, 0.25) is 0 Å². The Balaban J connectivity index is 1.55. The number of aliphatic hydroxyl groups excluding tert-OH is 1. The molecule has 9 atom stereocenters. The zero-order valence-electron chi connectivity index (χ0n) is 22.2. The van der Waals surface area contributed by atoms with Gasteiger partial charge >= 0.3 is 0 Å². The third-order valence-electron chi connectivity index (χ3n) is 13.1. The van der Waals surface area contributed by atoms with Gasteiger partial charge in [-0.15, -0.1) is 0 Å². The summed E-state index contributed by atoms with van der Waals surface area (Å²) in [7, 11) is 0. The van der Waals surface area contributed by atoms with Gasteiger partial charge in [-0.25, -0.2) is 0 Å². The monoisotopic (exact) mass is 442 g/mol. The van der Waals surface area contributed by atoms with Crippen molar-refractivity contribution >= 4 is 0 Å². The normalized spacial score (nSPS) is 55.0. The summed E-state index contributed by atoms with van der Waals surface area (Å²) < 4.78 is 0. The number of aliphatic hydroxyl groups is 2. The topological polar surface area (TPSA) is 40.5 Å². The second kappa shape index (κ2) is 6.66. The molecule has 0 amide bonds. The Bertz CT molecular complexity index is 827. The summed E-state index contributed by atoms with van der Waals surface area (Å²) in [6.07, 6.45) is 12.4. The second-order valence-electron chi connectivity index (χ2n) is 14.9. The molecule has 5 aliphatic rings. The van der Waals surface area contributed by atoms with E-state index in [1.165, 1.54) is 38.5 Å². The smallest absolute Gasteiger partial charge is 0.0755 e. The first kappa shape index (κ1) is 23.4. The molecule has 4 fully saturated rings. The third kappa shape index (κ3) is 2.66. The summed E-state index contributed by atoms with van der Waals surface area (Å²) in [5.74, 6) is 2.50. The molecule has 32 heavy (non-hydrogen) atoms. The number of fused-ring (bicyclic) bond motifs is 3. The van der Waals surface area contributed by atoms with Crippen LogP contribution in [0.2, 0.25) is 0 Å². The molecule has 6 unspecified atom stereocenters. The molecule has 0 aromatic heterocycles. The Hall–Kier alpha value is -0.340. The fraction of sp³-hybridized carbons (Fsp3) is 0.933. The minimum Gasteiger partial charge on any atom is -0.393 e. The Morgan fingerprint density at radius 1 is 0.906 bits per heavy atom. The lowest BCUT2D eigenvalue weighted by atomic mass is 9.39. The molecule has 0 aliphatic heterocycles. The van der Waals surface area contributed by atoms with Crippen molar-refractivity contribution in [2.45, 2.75) is 125 Å².